The molecule has 7 nitrogen and oxygen atoms in total. The van der Waals surface area contributed by atoms with E-state index < -0.39 is 5.91 Å². The maximum Gasteiger partial charge on any atom is 0.294 e. The van der Waals surface area contributed by atoms with Crippen LogP contribution in [0.15, 0.2) is 48.5 Å². The summed E-state index contributed by atoms with van der Waals surface area (Å²) in [5, 5.41) is 0. The summed E-state index contributed by atoms with van der Waals surface area (Å²) < 4.78 is 5.74. The Bertz CT molecular complexity index is 847. The second-order valence-corrected chi connectivity index (χ2v) is 5.80. The smallest absolute Gasteiger partial charge is 0.294 e. The third kappa shape index (κ3) is 3.45. The van der Waals surface area contributed by atoms with Crippen molar-refractivity contribution < 1.29 is 14.3 Å². The molecule has 1 aromatic carbocycles. The zero-order chi connectivity index (χ0) is 18.0. The molecule has 0 fully saturated rings. The van der Waals surface area contributed by atoms with E-state index in [9.17, 15) is 9.59 Å². The van der Waals surface area contributed by atoms with Crippen molar-refractivity contribution in [3.63, 3.8) is 0 Å². The first-order valence-corrected chi connectivity index (χ1v) is 7.67. The Labute approximate surface area is 145 Å². The van der Waals surface area contributed by atoms with Gasteiger partial charge in [-0.1, -0.05) is 0 Å². The summed E-state index contributed by atoms with van der Waals surface area (Å²) in [4.78, 5) is 31.8. The number of ether oxygens (including phenoxy) is 1. The molecule has 2 aromatic rings. The molecule has 1 aliphatic rings. The molecule has 0 atom stereocenters. The second-order valence-electron chi connectivity index (χ2n) is 5.80. The van der Waals surface area contributed by atoms with Crippen LogP contribution in [0.1, 0.15) is 5.56 Å². The Kier molecular flexibility index (Phi) is 4.38. The van der Waals surface area contributed by atoms with E-state index in [2.05, 4.69) is 4.98 Å². The van der Waals surface area contributed by atoms with Crippen LogP contribution < -0.4 is 15.4 Å². The maximum absolute atomic E-state index is 12.9. The van der Waals surface area contributed by atoms with E-state index in [4.69, 9.17) is 10.5 Å². The van der Waals surface area contributed by atoms with Crippen molar-refractivity contribution in [3.8, 4) is 5.75 Å². The lowest BCUT2D eigenvalue weighted by atomic mass is 10.1. The molecule has 0 aliphatic carbocycles. The average molecular weight is 338 g/mol. The third-order valence-corrected chi connectivity index (χ3v) is 3.75. The number of nitrogens with two attached hydrogens (primary N) is 1. The third-order valence-electron chi connectivity index (χ3n) is 3.75. The Morgan fingerprint density at radius 2 is 2.00 bits per heavy atom. The molecule has 2 N–H and O–H groups in total. The maximum atomic E-state index is 12.9. The van der Waals surface area contributed by atoms with Crippen LogP contribution in [0, 0.1) is 0 Å². The van der Waals surface area contributed by atoms with Gasteiger partial charge < -0.3 is 15.4 Å². The lowest BCUT2D eigenvalue weighted by molar-refractivity contribution is -0.129. The molecule has 0 spiro atoms. The molecule has 25 heavy (non-hydrogen) atoms. The van der Waals surface area contributed by atoms with Gasteiger partial charge in [0.05, 0.1) is 5.69 Å². The number of hydrogen-bond donors (Lipinski definition) is 1. The summed E-state index contributed by atoms with van der Waals surface area (Å²) in [6.45, 7) is -0.0979. The van der Waals surface area contributed by atoms with E-state index in [0.717, 1.165) is 5.56 Å². The molecule has 2 amide bonds. The molecule has 0 radical (unpaired) electrons. The largest absolute Gasteiger partial charge is 0.449 e. The van der Waals surface area contributed by atoms with Crippen LogP contribution in [0.3, 0.4) is 0 Å². The van der Waals surface area contributed by atoms with Crippen molar-refractivity contribution in [2.24, 2.45) is 0 Å². The Morgan fingerprint density at radius 3 is 2.68 bits per heavy atom. The predicted octanol–water partition coefficient (Wildman–Crippen LogP) is 1.52. The topological polar surface area (TPSA) is 88.8 Å². The fraction of sp³-hybridized carbons (Fsp3) is 0.167. The van der Waals surface area contributed by atoms with E-state index in [1.54, 1.807) is 62.9 Å². The molecule has 128 valence electrons. The van der Waals surface area contributed by atoms with Gasteiger partial charge in [-0.05, 0) is 42.0 Å². The highest BCUT2D eigenvalue weighted by Crippen LogP contribution is 2.37. The zero-order valence-corrected chi connectivity index (χ0v) is 14.0. The number of benzene rings is 1. The van der Waals surface area contributed by atoms with Gasteiger partial charge in [-0.25, -0.2) is 0 Å². The number of hydrogen-bond acceptors (Lipinski definition) is 5. The number of nitrogen functional groups attached to an aromatic ring is 1. The molecule has 0 unspecified atom stereocenters. The molecule has 1 aromatic heterocycles. The van der Waals surface area contributed by atoms with Crippen LogP contribution in [0.2, 0.25) is 0 Å². The number of pyridine rings is 1. The molecule has 3 rings (SSSR count). The van der Waals surface area contributed by atoms with Crippen molar-refractivity contribution >= 4 is 29.3 Å². The molecule has 0 bridgehead atoms. The molecule has 0 saturated heterocycles. The Morgan fingerprint density at radius 1 is 1.28 bits per heavy atom. The summed E-state index contributed by atoms with van der Waals surface area (Å²) in [6.07, 6.45) is 4.87. The number of rotatable bonds is 3. The van der Waals surface area contributed by atoms with Gasteiger partial charge in [0, 0.05) is 32.2 Å². The Hall–Kier alpha value is -3.35. The fourth-order valence-corrected chi connectivity index (χ4v) is 2.37. The fourth-order valence-electron chi connectivity index (χ4n) is 2.37. The van der Waals surface area contributed by atoms with Crippen molar-refractivity contribution in [1.82, 2.24) is 9.88 Å². The molecule has 2 heterocycles. The lowest BCUT2D eigenvalue weighted by Gasteiger charge is -2.31. The van der Waals surface area contributed by atoms with Crippen LogP contribution in [-0.2, 0) is 9.59 Å². The number of anilines is 2. The van der Waals surface area contributed by atoms with Crippen molar-refractivity contribution in [2.45, 2.75) is 0 Å². The monoisotopic (exact) mass is 338 g/mol. The molecular weight excluding hydrogens is 320 g/mol. The zero-order valence-electron chi connectivity index (χ0n) is 14.0. The number of carbonyl (C=O) groups is 2. The number of nitrogens with zero attached hydrogens (tertiary/aromatic N) is 3. The number of aromatic nitrogens is 1. The van der Waals surface area contributed by atoms with E-state index in [1.807, 2.05) is 0 Å². The SMILES string of the molecule is CN(C)C(=O)CN1C(=O)/C(=C\c2ccncc2)Oc2ccc(N)cc21. The van der Waals surface area contributed by atoms with Gasteiger partial charge in [0.1, 0.15) is 6.54 Å². The van der Waals surface area contributed by atoms with Gasteiger partial charge in [-0.3, -0.25) is 19.5 Å². The van der Waals surface area contributed by atoms with Gasteiger partial charge in [-0.2, -0.15) is 0 Å². The molecule has 1 aliphatic heterocycles. The molecule has 7 heteroatoms. The second kappa shape index (κ2) is 6.64. The first-order chi connectivity index (χ1) is 12.0. The van der Waals surface area contributed by atoms with Crippen LogP contribution in [0.25, 0.3) is 6.08 Å². The summed E-state index contributed by atoms with van der Waals surface area (Å²) in [7, 11) is 3.28. The molecule has 0 saturated carbocycles. The first kappa shape index (κ1) is 16.5. The van der Waals surface area contributed by atoms with Gasteiger partial charge in [-0.15, -0.1) is 0 Å². The summed E-state index contributed by atoms with van der Waals surface area (Å²) in [5.74, 6) is 0.00712. The normalized spacial score (nSPS) is 14.9. The van der Waals surface area contributed by atoms with Crippen LogP contribution in [-0.4, -0.2) is 42.3 Å². The van der Waals surface area contributed by atoms with Crippen LogP contribution in [0.5, 0.6) is 5.75 Å². The van der Waals surface area contributed by atoms with Crippen molar-refractivity contribution in [2.75, 3.05) is 31.3 Å². The summed E-state index contributed by atoms with van der Waals surface area (Å²) in [6, 6.07) is 8.52. The minimum atomic E-state index is -0.398. The van der Waals surface area contributed by atoms with Gasteiger partial charge in [0.25, 0.3) is 5.91 Å². The highest BCUT2D eigenvalue weighted by molar-refractivity contribution is 6.12. The van der Waals surface area contributed by atoms with E-state index >= 15 is 0 Å². The minimum absolute atomic E-state index is 0.0979. The predicted molar refractivity (Wildman–Crippen MR) is 94.7 cm³/mol. The Balaban J connectivity index is 2.03. The van der Waals surface area contributed by atoms with Crippen molar-refractivity contribution in [1.29, 1.82) is 0 Å². The van der Waals surface area contributed by atoms with E-state index in [0.29, 0.717) is 17.1 Å². The average Bonchev–Trinajstić information content (AvgIpc) is 2.59. The first-order valence-electron chi connectivity index (χ1n) is 7.67. The minimum Gasteiger partial charge on any atom is -0.449 e. The standard InChI is InChI=1S/C18H18N4O3/c1-21(2)17(23)11-22-14-10-13(19)3-4-15(14)25-16(18(22)24)9-12-5-7-20-8-6-12/h3-10H,11,19H2,1-2H3/b16-9+. The highest BCUT2D eigenvalue weighted by Gasteiger charge is 2.32. The highest BCUT2D eigenvalue weighted by atomic mass is 16.5. The van der Waals surface area contributed by atoms with Crippen LogP contribution >= 0.6 is 0 Å². The summed E-state index contributed by atoms with van der Waals surface area (Å²) in [5.41, 5.74) is 7.57. The van der Waals surface area contributed by atoms with E-state index in [-0.39, 0.29) is 18.2 Å². The quantitative estimate of drug-likeness (QED) is 0.677. The number of amides is 2. The van der Waals surface area contributed by atoms with Gasteiger partial charge in [0.2, 0.25) is 5.91 Å². The van der Waals surface area contributed by atoms with Gasteiger partial charge >= 0.3 is 0 Å². The van der Waals surface area contributed by atoms with Crippen LogP contribution in [0.4, 0.5) is 11.4 Å². The molecular formula is C18H18N4O3. The summed E-state index contributed by atoms with van der Waals surface area (Å²) >= 11 is 0. The number of fused-ring (bicyclic) bond motifs is 1. The van der Waals surface area contributed by atoms with Crippen molar-refractivity contribution in [3.05, 3.63) is 54.0 Å². The number of carbonyl (C=O) groups excluding carboxylic acids is 2. The lowest BCUT2D eigenvalue weighted by Crippen LogP contribution is -2.44. The van der Waals surface area contributed by atoms with Gasteiger partial charge in [0.15, 0.2) is 11.5 Å². The van der Waals surface area contributed by atoms with E-state index in [1.165, 1.54) is 9.80 Å². The number of likely N-dealkylation sites (N-methyl/N-ethyl adjacent to an activating group) is 1.